The van der Waals surface area contributed by atoms with Crippen LogP contribution in [0, 0.1) is 0 Å². The highest BCUT2D eigenvalue weighted by Gasteiger charge is 2.37. The highest BCUT2D eigenvalue weighted by Crippen LogP contribution is 2.31. The SMILES string of the molecule is CN(C)c1ccc(C(=O)NC2(CO)CCC2)cc1N. The fraction of sp³-hybridized carbons (Fsp3) is 0.500. The number of carbonyl (C=O) groups excluding carboxylic acids is 1. The number of aliphatic hydroxyl groups is 1. The maximum absolute atomic E-state index is 12.2. The van der Waals surface area contributed by atoms with E-state index in [0.717, 1.165) is 24.9 Å². The second-order valence-corrected chi connectivity index (χ2v) is 5.41. The smallest absolute Gasteiger partial charge is 0.251 e. The number of nitrogen functional groups attached to an aromatic ring is 1. The van der Waals surface area contributed by atoms with Crippen LogP contribution in [0.4, 0.5) is 11.4 Å². The quantitative estimate of drug-likeness (QED) is 0.708. The summed E-state index contributed by atoms with van der Waals surface area (Å²) in [4.78, 5) is 14.1. The van der Waals surface area contributed by atoms with E-state index in [1.54, 1.807) is 12.1 Å². The van der Waals surface area contributed by atoms with E-state index in [4.69, 9.17) is 5.73 Å². The number of carbonyl (C=O) groups is 1. The van der Waals surface area contributed by atoms with Gasteiger partial charge in [-0.05, 0) is 37.5 Å². The van der Waals surface area contributed by atoms with Gasteiger partial charge in [-0.25, -0.2) is 0 Å². The molecule has 1 aromatic rings. The molecular weight excluding hydrogens is 242 g/mol. The van der Waals surface area contributed by atoms with Crippen LogP contribution in [0.1, 0.15) is 29.6 Å². The van der Waals surface area contributed by atoms with Crippen molar-refractivity contribution in [1.29, 1.82) is 0 Å². The van der Waals surface area contributed by atoms with Crippen molar-refractivity contribution < 1.29 is 9.90 Å². The number of hydrogen-bond acceptors (Lipinski definition) is 4. The van der Waals surface area contributed by atoms with E-state index in [-0.39, 0.29) is 12.5 Å². The average molecular weight is 263 g/mol. The van der Waals surface area contributed by atoms with E-state index in [1.165, 1.54) is 0 Å². The molecular formula is C14H21N3O2. The van der Waals surface area contributed by atoms with E-state index in [1.807, 2.05) is 25.1 Å². The Bertz CT molecular complexity index is 476. The Hall–Kier alpha value is -1.75. The number of benzene rings is 1. The minimum absolute atomic E-state index is 0.00992. The summed E-state index contributed by atoms with van der Waals surface area (Å²) in [6.45, 7) is -0.00992. The molecule has 1 fully saturated rings. The molecule has 4 N–H and O–H groups in total. The number of nitrogens with zero attached hydrogens (tertiary/aromatic N) is 1. The Morgan fingerprint density at radius 3 is 2.58 bits per heavy atom. The van der Waals surface area contributed by atoms with Crippen LogP contribution >= 0.6 is 0 Å². The zero-order valence-corrected chi connectivity index (χ0v) is 11.4. The fourth-order valence-corrected chi connectivity index (χ4v) is 2.34. The van der Waals surface area contributed by atoms with Crippen LogP contribution in [0.5, 0.6) is 0 Å². The Kier molecular flexibility index (Phi) is 3.66. The van der Waals surface area contributed by atoms with Crippen molar-refractivity contribution in [2.45, 2.75) is 24.8 Å². The number of amides is 1. The van der Waals surface area contributed by atoms with Gasteiger partial charge < -0.3 is 21.1 Å². The van der Waals surface area contributed by atoms with Crippen molar-refractivity contribution in [3.63, 3.8) is 0 Å². The molecule has 0 spiro atoms. The number of anilines is 2. The average Bonchev–Trinajstić information content (AvgIpc) is 2.33. The van der Waals surface area contributed by atoms with E-state index >= 15 is 0 Å². The standard InChI is InChI=1S/C14H21N3O2/c1-17(2)12-5-4-10(8-11(12)15)13(19)16-14(9-18)6-3-7-14/h4-5,8,18H,3,6-7,9,15H2,1-2H3,(H,16,19). The van der Waals surface area contributed by atoms with Gasteiger partial charge in [0.25, 0.3) is 5.91 Å². The molecule has 0 radical (unpaired) electrons. The summed E-state index contributed by atoms with van der Waals surface area (Å²) in [6, 6.07) is 5.26. The third-order valence-corrected chi connectivity index (χ3v) is 3.76. The largest absolute Gasteiger partial charge is 0.397 e. The zero-order valence-electron chi connectivity index (χ0n) is 11.4. The van der Waals surface area contributed by atoms with E-state index in [0.29, 0.717) is 11.3 Å². The molecule has 104 valence electrons. The van der Waals surface area contributed by atoms with Gasteiger partial charge >= 0.3 is 0 Å². The van der Waals surface area contributed by atoms with Gasteiger partial charge in [0.05, 0.1) is 23.5 Å². The lowest BCUT2D eigenvalue weighted by Crippen LogP contribution is -2.56. The molecule has 0 unspecified atom stereocenters. The van der Waals surface area contributed by atoms with Gasteiger partial charge in [-0.15, -0.1) is 0 Å². The Morgan fingerprint density at radius 1 is 1.47 bits per heavy atom. The molecule has 1 amide bonds. The summed E-state index contributed by atoms with van der Waals surface area (Å²) < 4.78 is 0. The molecule has 0 aromatic heterocycles. The number of nitrogens with two attached hydrogens (primary N) is 1. The first-order valence-electron chi connectivity index (χ1n) is 6.48. The van der Waals surface area contributed by atoms with Gasteiger partial charge in [-0.1, -0.05) is 0 Å². The second kappa shape index (κ2) is 5.09. The minimum Gasteiger partial charge on any atom is -0.397 e. The molecule has 5 heteroatoms. The molecule has 0 aliphatic heterocycles. The zero-order chi connectivity index (χ0) is 14.0. The van der Waals surface area contributed by atoms with Gasteiger partial charge in [0.2, 0.25) is 0 Å². The van der Waals surface area contributed by atoms with Crippen LogP contribution in [0.3, 0.4) is 0 Å². The first-order valence-corrected chi connectivity index (χ1v) is 6.48. The molecule has 2 rings (SSSR count). The monoisotopic (exact) mass is 263 g/mol. The molecule has 0 atom stereocenters. The summed E-state index contributed by atoms with van der Waals surface area (Å²) >= 11 is 0. The summed E-state index contributed by atoms with van der Waals surface area (Å²) in [7, 11) is 3.81. The van der Waals surface area contributed by atoms with Crippen LogP contribution in [-0.4, -0.2) is 37.3 Å². The summed E-state index contributed by atoms with van der Waals surface area (Å²) in [5, 5.41) is 12.3. The van der Waals surface area contributed by atoms with Gasteiger partial charge in [0.1, 0.15) is 0 Å². The van der Waals surface area contributed by atoms with Gasteiger partial charge in [-0.3, -0.25) is 4.79 Å². The van der Waals surface area contributed by atoms with Crippen molar-refractivity contribution in [1.82, 2.24) is 5.32 Å². The highest BCUT2D eigenvalue weighted by atomic mass is 16.3. The number of hydrogen-bond donors (Lipinski definition) is 3. The lowest BCUT2D eigenvalue weighted by atomic mass is 9.77. The summed E-state index contributed by atoms with van der Waals surface area (Å²) in [6.07, 6.45) is 2.71. The molecule has 5 nitrogen and oxygen atoms in total. The van der Waals surface area contributed by atoms with Crippen molar-refractivity contribution in [2.75, 3.05) is 31.3 Å². The van der Waals surface area contributed by atoms with E-state index < -0.39 is 5.54 Å². The van der Waals surface area contributed by atoms with Gasteiger partial charge in [-0.2, -0.15) is 0 Å². The molecule has 0 heterocycles. The topological polar surface area (TPSA) is 78.6 Å². The van der Waals surface area contributed by atoms with E-state index in [9.17, 15) is 9.90 Å². The molecule has 0 saturated heterocycles. The summed E-state index contributed by atoms with van der Waals surface area (Å²) in [5.74, 6) is -0.175. The van der Waals surface area contributed by atoms with E-state index in [2.05, 4.69) is 5.32 Å². The first-order chi connectivity index (χ1) is 8.97. The van der Waals surface area contributed by atoms with Crippen molar-refractivity contribution in [2.24, 2.45) is 0 Å². The first kappa shape index (κ1) is 13.7. The Balaban J connectivity index is 2.13. The normalized spacial score (nSPS) is 16.6. The van der Waals surface area contributed by atoms with Crippen LogP contribution in [0.25, 0.3) is 0 Å². The third-order valence-electron chi connectivity index (χ3n) is 3.76. The fourth-order valence-electron chi connectivity index (χ4n) is 2.34. The Morgan fingerprint density at radius 2 is 2.16 bits per heavy atom. The minimum atomic E-state index is -0.425. The van der Waals surface area contributed by atoms with Crippen molar-refractivity contribution >= 4 is 17.3 Å². The highest BCUT2D eigenvalue weighted by molar-refractivity contribution is 5.96. The van der Waals surface area contributed by atoms with Gasteiger partial charge in [0, 0.05) is 19.7 Å². The lowest BCUT2D eigenvalue weighted by molar-refractivity contribution is 0.0642. The second-order valence-electron chi connectivity index (χ2n) is 5.41. The van der Waals surface area contributed by atoms with Crippen LogP contribution < -0.4 is 16.0 Å². The van der Waals surface area contributed by atoms with Crippen LogP contribution in [-0.2, 0) is 0 Å². The molecule has 1 saturated carbocycles. The number of rotatable bonds is 4. The molecule has 1 aromatic carbocycles. The number of nitrogens with one attached hydrogen (secondary N) is 1. The predicted molar refractivity (Wildman–Crippen MR) is 76.3 cm³/mol. The maximum atomic E-state index is 12.2. The van der Waals surface area contributed by atoms with Gasteiger partial charge in [0.15, 0.2) is 0 Å². The Labute approximate surface area is 113 Å². The molecule has 0 bridgehead atoms. The van der Waals surface area contributed by atoms with Crippen molar-refractivity contribution in [3.8, 4) is 0 Å². The number of aliphatic hydroxyl groups excluding tert-OH is 1. The molecule has 19 heavy (non-hydrogen) atoms. The van der Waals surface area contributed by atoms with Crippen LogP contribution in [0.15, 0.2) is 18.2 Å². The maximum Gasteiger partial charge on any atom is 0.251 e. The third kappa shape index (κ3) is 2.66. The predicted octanol–water partition coefficient (Wildman–Crippen LogP) is 0.980. The van der Waals surface area contributed by atoms with Crippen molar-refractivity contribution in [3.05, 3.63) is 23.8 Å². The molecule has 1 aliphatic carbocycles. The van der Waals surface area contributed by atoms with Crippen LogP contribution in [0.2, 0.25) is 0 Å². The summed E-state index contributed by atoms with van der Waals surface area (Å²) in [5.41, 5.74) is 7.50. The molecule has 1 aliphatic rings. The lowest BCUT2D eigenvalue weighted by Gasteiger charge is -2.41.